The van der Waals surface area contributed by atoms with Crippen molar-refractivity contribution in [1.82, 2.24) is 5.32 Å². The maximum Gasteiger partial charge on any atom is 0.0728 e. The van der Waals surface area contributed by atoms with Crippen LogP contribution in [0.2, 0.25) is 0 Å². The molecule has 0 spiro atoms. The highest BCUT2D eigenvalue weighted by Gasteiger charge is 2.40. The van der Waals surface area contributed by atoms with Gasteiger partial charge in [0.25, 0.3) is 0 Å². The minimum atomic E-state index is 0.473. The third kappa shape index (κ3) is 7.18. The number of fused-ring (bicyclic) bond motifs is 3. The summed E-state index contributed by atoms with van der Waals surface area (Å²) in [4.78, 5) is 0. The Hall–Kier alpha value is -0.160. The first-order valence-electron chi connectivity index (χ1n) is 17.4. The molecule has 3 aliphatic heterocycles. The van der Waals surface area contributed by atoms with E-state index >= 15 is 0 Å². The summed E-state index contributed by atoms with van der Waals surface area (Å²) in [6, 6.07) is 1.18. The van der Waals surface area contributed by atoms with Crippen LogP contribution in [-0.2, 0) is 14.2 Å². The molecule has 0 bridgehead atoms. The van der Waals surface area contributed by atoms with Gasteiger partial charge in [0.15, 0.2) is 0 Å². The summed E-state index contributed by atoms with van der Waals surface area (Å²) in [6.07, 6.45) is 30.4. The molecule has 3 heterocycles. The normalized spacial score (nSPS) is 46.1. The van der Waals surface area contributed by atoms with Gasteiger partial charge in [-0.1, -0.05) is 64.2 Å². The average Bonchev–Trinajstić information content (AvgIpc) is 3.43. The van der Waals surface area contributed by atoms with Crippen molar-refractivity contribution in [3.05, 3.63) is 0 Å². The second-order valence-corrected chi connectivity index (χ2v) is 14.4. The first kappa shape index (κ1) is 28.0. The molecule has 0 radical (unpaired) electrons. The van der Waals surface area contributed by atoms with Crippen molar-refractivity contribution in [1.29, 1.82) is 0 Å². The van der Waals surface area contributed by atoms with Gasteiger partial charge >= 0.3 is 0 Å². The molecule has 3 saturated carbocycles. The summed E-state index contributed by atoms with van der Waals surface area (Å²) in [7, 11) is 0. The van der Waals surface area contributed by atoms with Crippen LogP contribution < -0.4 is 5.32 Å². The Morgan fingerprint density at radius 3 is 1.95 bits per heavy atom. The molecule has 4 nitrogen and oxygen atoms in total. The summed E-state index contributed by atoms with van der Waals surface area (Å²) in [6.45, 7) is 2.99. The molecule has 218 valence electrons. The van der Waals surface area contributed by atoms with E-state index < -0.39 is 0 Å². The number of morpholine rings is 1. The lowest BCUT2D eigenvalue weighted by molar-refractivity contribution is -0.0482. The molecule has 3 saturated heterocycles. The van der Waals surface area contributed by atoms with Crippen LogP contribution in [-0.4, -0.2) is 50.2 Å². The van der Waals surface area contributed by atoms with Crippen LogP contribution in [0.1, 0.15) is 135 Å². The zero-order valence-electron chi connectivity index (χ0n) is 24.5. The highest BCUT2D eigenvalue weighted by Crippen LogP contribution is 2.43. The van der Waals surface area contributed by atoms with Crippen LogP contribution in [0.4, 0.5) is 0 Å². The van der Waals surface area contributed by atoms with Gasteiger partial charge in [-0.05, 0) is 100 Å². The number of hydrogen-bond acceptors (Lipinski definition) is 4. The largest absolute Gasteiger partial charge is 0.381 e. The van der Waals surface area contributed by atoms with Crippen LogP contribution in [0.5, 0.6) is 0 Å². The monoisotopic (exact) mass is 529 g/mol. The molecule has 0 aromatic heterocycles. The van der Waals surface area contributed by atoms with Crippen LogP contribution in [0.25, 0.3) is 0 Å². The molecule has 0 aromatic carbocycles. The number of ether oxygens (including phenoxy) is 3. The van der Waals surface area contributed by atoms with Gasteiger partial charge in [-0.25, -0.2) is 0 Å². The zero-order chi connectivity index (χ0) is 25.6. The van der Waals surface area contributed by atoms with Gasteiger partial charge < -0.3 is 19.5 Å². The van der Waals surface area contributed by atoms with E-state index in [4.69, 9.17) is 14.2 Å². The van der Waals surface area contributed by atoms with E-state index in [1.807, 2.05) is 0 Å². The SMILES string of the molecule is C1CCCC2NC(C3CCCC4CC(C5CCCC6CCOCC6CCC5)OC4CCC3)COC2CCC1. The predicted molar refractivity (Wildman–Crippen MR) is 154 cm³/mol. The van der Waals surface area contributed by atoms with Crippen LogP contribution in [0, 0.1) is 29.6 Å². The van der Waals surface area contributed by atoms with E-state index in [1.54, 1.807) is 0 Å². The van der Waals surface area contributed by atoms with Crippen molar-refractivity contribution in [2.45, 2.75) is 165 Å². The van der Waals surface area contributed by atoms with Gasteiger partial charge in [0, 0.05) is 25.3 Å². The third-order valence-corrected chi connectivity index (χ3v) is 12.0. The highest BCUT2D eigenvalue weighted by atomic mass is 16.5. The van der Waals surface area contributed by atoms with Crippen molar-refractivity contribution in [3.8, 4) is 0 Å². The van der Waals surface area contributed by atoms with E-state index in [2.05, 4.69) is 5.32 Å². The maximum atomic E-state index is 6.98. The zero-order valence-corrected chi connectivity index (χ0v) is 24.5. The molecule has 4 heteroatoms. The van der Waals surface area contributed by atoms with Gasteiger partial charge in [-0.2, -0.15) is 0 Å². The fourth-order valence-corrected chi connectivity index (χ4v) is 9.70. The number of hydrogen-bond donors (Lipinski definition) is 1. The molecule has 6 fully saturated rings. The van der Waals surface area contributed by atoms with E-state index in [-0.39, 0.29) is 0 Å². The van der Waals surface area contributed by atoms with Crippen molar-refractivity contribution < 1.29 is 14.2 Å². The summed E-state index contributed by atoms with van der Waals surface area (Å²) >= 11 is 0. The van der Waals surface area contributed by atoms with Gasteiger partial charge in [-0.3, -0.25) is 0 Å². The molecule has 38 heavy (non-hydrogen) atoms. The van der Waals surface area contributed by atoms with Crippen molar-refractivity contribution in [2.75, 3.05) is 19.8 Å². The van der Waals surface area contributed by atoms with Gasteiger partial charge in [0.2, 0.25) is 0 Å². The second kappa shape index (κ2) is 14.1. The van der Waals surface area contributed by atoms with Crippen LogP contribution >= 0.6 is 0 Å². The van der Waals surface area contributed by atoms with Gasteiger partial charge in [0.05, 0.1) is 24.9 Å². The summed E-state index contributed by atoms with van der Waals surface area (Å²) in [5.41, 5.74) is 0. The Morgan fingerprint density at radius 1 is 0.421 bits per heavy atom. The van der Waals surface area contributed by atoms with E-state index in [9.17, 15) is 0 Å². The first-order valence-corrected chi connectivity index (χ1v) is 17.4. The Bertz CT molecular complexity index is 665. The minimum Gasteiger partial charge on any atom is -0.381 e. The smallest absolute Gasteiger partial charge is 0.0728 e. The molecule has 3 aliphatic carbocycles. The fraction of sp³-hybridized carbons (Fsp3) is 1.00. The molecule has 0 aromatic rings. The Balaban J connectivity index is 0.985. The van der Waals surface area contributed by atoms with E-state index in [0.717, 1.165) is 49.4 Å². The third-order valence-electron chi connectivity index (χ3n) is 12.0. The molecule has 6 aliphatic rings. The Kier molecular flexibility index (Phi) is 10.4. The van der Waals surface area contributed by atoms with Crippen molar-refractivity contribution >= 4 is 0 Å². The lowest BCUT2D eigenvalue weighted by Gasteiger charge is -2.41. The quantitative estimate of drug-likeness (QED) is 0.396. The number of rotatable bonds is 2. The summed E-state index contributed by atoms with van der Waals surface area (Å²) in [5.74, 6) is 4.19. The maximum absolute atomic E-state index is 6.98. The topological polar surface area (TPSA) is 39.7 Å². The van der Waals surface area contributed by atoms with E-state index in [1.165, 1.54) is 135 Å². The van der Waals surface area contributed by atoms with Crippen LogP contribution in [0.15, 0.2) is 0 Å². The van der Waals surface area contributed by atoms with Gasteiger partial charge in [-0.15, -0.1) is 0 Å². The molecule has 0 amide bonds. The Labute approximate surface area is 234 Å². The van der Waals surface area contributed by atoms with Crippen molar-refractivity contribution in [2.24, 2.45) is 29.6 Å². The van der Waals surface area contributed by atoms with Crippen molar-refractivity contribution in [3.63, 3.8) is 0 Å². The molecule has 10 atom stereocenters. The van der Waals surface area contributed by atoms with E-state index in [0.29, 0.717) is 30.4 Å². The summed E-state index contributed by atoms with van der Waals surface area (Å²) < 4.78 is 19.4. The van der Waals surface area contributed by atoms with Gasteiger partial charge in [0.1, 0.15) is 0 Å². The molecule has 10 unspecified atom stereocenters. The number of nitrogens with one attached hydrogen (secondary N) is 1. The fourth-order valence-electron chi connectivity index (χ4n) is 9.70. The first-order chi connectivity index (χ1) is 18.8. The lowest BCUT2D eigenvalue weighted by atomic mass is 9.82. The Morgan fingerprint density at radius 2 is 1.08 bits per heavy atom. The molecule has 1 N–H and O–H groups in total. The minimum absolute atomic E-state index is 0.473. The molecule has 6 rings (SSSR count). The average molecular weight is 530 g/mol. The standard InChI is InChI=1S/C34H59NO3/c1-2-4-17-30-33(18-5-3-1)37-24-31(35-30)26-11-7-15-28-22-34(38-32(28)19-9-12-26)27-13-6-10-25-20-21-36-23-29(25)16-8-14-27/h25-35H,1-24H2. The predicted octanol–water partition coefficient (Wildman–Crippen LogP) is 7.82. The lowest BCUT2D eigenvalue weighted by Crippen LogP contribution is -2.56. The van der Waals surface area contributed by atoms with Crippen LogP contribution in [0.3, 0.4) is 0 Å². The molecular weight excluding hydrogens is 470 g/mol. The summed E-state index contributed by atoms with van der Waals surface area (Å²) in [5, 5.41) is 4.16. The highest BCUT2D eigenvalue weighted by molar-refractivity contribution is 4.92. The molecular formula is C34H59NO3. The second-order valence-electron chi connectivity index (χ2n) is 14.4.